The first-order chi connectivity index (χ1) is 11.9. The van der Waals surface area contributed by atoms with Gasteiger partial charge in [-0.25, -0.2) is 9.59 Å². The van der Waals surface area contributed by atoms with Gasteiger partial charge in [0.25, 0.3) is 0 Å². The number of rotatable bonds is 6. The zero-order valence-corrected chi connectivity index (χ0v) is 15.6. The summed E-state index contributed by atoms with van der Waals surface area (Å²) < 4.78 is 10.4. The molecule has 0 saturated carbocycles. The lowest BCUT2D eigenvalue weighted by Gasteiger charge is -2.28. The molecule has 2 rings (SSSR count). The minimum Gasteiger partial charge on any atom is -0.503 e. The van der Waals surface area contributed by atoms with Crippen molar-refractivity contribution in [3.63, 3.8) is 0 Å². The van der Waals surface area contributed by atoms with Crippen LogP contribution < -0.4 is 15.4 Å². The van der Waals surface area contributed by atoms with Gasteiger partial charge in [0.1, 0.15) is 6.61 Å². The quantitative estimate of drug-likeness (QED) is 0.513. The Balaban J connectivity index is 2.42. The Labute approximate surface area is 154 Å². The Hall–Kier alpha value is -2.06. The molecular weight excluding hydrogens is 368 g/mol. The number of hydrogen-bond donors (Lipinski definition) is 3. The van der Waals surface area contributed by atoms with Crippen LogP contribution in [0.15, 0.2) is 23.4 Å². The number of hydrogen-bond acceptors (Lipinski definition) is 6. The molecule has 1 heterocycles. The molecule has 0 unspecified atom stereocenters. The summed E-state index contributed by atoms with van der Waals surface area (Å²) in [6.45, 7) is 1.88. The average molecular weight is 387 g/mol. The third-order valence-electron chi connectivity index (χ3n) is 3.61. The predicted octanol–water partition coefficient (Wildman–Crippen LogP) is 2.59. The molecule has 1 atom stereocenters. The number of carbonyl (C=O) groups excluding carboxylic acids is 2. The Morgan fingerprint density at radius 2 is 2.16 bits per heavy atom. The van der Waals surface area contributed by atoms with E-state index in [1.807, 2.05) is 6.26 Å². The summed E-state index contributed by atoms with van der Waals surface area (Å²) in [7, 11) is 1.38. The van der Waals surface area contributed by atoms with Crippen molar-refractivity contribution in [3.05, 3.63) is 34.0 Å². The number of carbonyl (C=O) groups is 2. The normalized spacial score (nSPS) is 17.0. The van der Waals surface area contributed by atoms with Gasteiger partial charge in [0, 0.05) is 11.4 Å². The monoisotopic (exact) mass is 386 g/mol. The Morgan fingerprint density at radius 1 is 1.44 bits per heavy atom. The minimum atomic E-state index is -0.775. The van der Waals surface area contributed by atoms with E-state index in [9.17, 15) is 14.7 Å². The smallest absolute Gasteiger partial charge is 0.338 e. The van der Waals surface area contributed by atoms with Crippen LogP contribution in [-0.4, -0.2) is 42.8 Å². The fourth-order valence-corrected chi connectivity index (χ4v) is 2.90. The molecule has 25 heavy (non-hydrogen) atoms. The number of esters is 1. The van der Waals surface area contributed by atoms with Crippen LogP contribution >= 0.6 is 23.4 Å². The predicted molar refractivity (Wildman–Crippen MR) is 96.1 cm³/mol. The number of amides is 2. The van der Waals surface area contributed by atoms with E-state index in [0.717, 1.165) is 0 Å². The molecule has 1 aromatic rings. The van der Waals surface area contributed by atoms with Crippen LogP contribution in [0.3, 0.4) is 0 Å². The second kappa shape index (κ2) is 8.35. The molecule has 0 fully saturated rings. The van der Waals surface area contributed by atoms with Gasteiger partial charge in [0.15, 0.2) is 11.5 Å². The van der Waals surface area contributed by atoms with Crippen molar-refractivity contribution in [3.8, 4) is 11.5 Å². The standard InChI is InChI=1S/C16H19ClN2O5S/c1-8-12(15(21)24-4-5-25-3)13(19-16(22)18-8)9-6-10(17)14(20)11(7-9)23-2/h6-7,13,20H,4-5H2,1-3H3,(H2,18,19,22)/t13-/m0/s1. The van der Waals surface area contributed by atoms with Crippen LogP contribution in [0, 0.1) is 0 Å². The fourth-order valence-electron chi connectivity index (χ4n) is 2.43. The van der Waals surface area contributed by atoms with E-state index in [1.54, 1.807) is 18.7 Å². The first-order valence-electron chi connectivity index (χ1n) is 7.39. The molecule has 0 radical (unpaired) electrons. The third kappa shape index (κ3) is 4.32. The summed E-state index contributed by atoms with van der Waals surface area (Å²) in [4.78, 5) is 24.4. The highest BCUT2D eigenvalue weighted by atomic mass is 35.5. The largest absolute Gasteiger partial charge is 0.503 e. The first-order valence-corrected chi connectivity index (χ1v) is 9.17. The highest BCUT2D eigenvalue weighted by Gasteiger charge is 2.33. The van der Waals surface area contributed by atoms with E-state index in [1.165, 1.54) is 19.2 Å². The topological polar surface area (TPSA) is 96.9 Å². The average Bonchev–Trinajstić information content (AvgIpc) is 2.56. The van der Waals surface area contributed by atoms with Crippen molar-refractivity contribution in [1.82, 2.24) is 10.6 Å². The highest BCUT2D eigenvalue weighted by molar-refractivity contribution is 7.98. The Morgan fingerprint density at radius 3 is 2.80 bits per heavy atom. The summed E-state index contributed by atoms with van der Waals surface area (Å²) in [5.74, 6) is 0.0645. The van der Waals surface area contributed by atoms with Gasteiger partial charge in [-0.3, -0.25) is 0 Å². The van der Waals surface area contributed by atoms with Gasteiger partial charge in [-0.2, -0.15) is 11.8 Å². The second-order valence-electron chi connectivity index (χ2n) is 5.25. The fraction of sp³-hybridized carbons (Fsp3) is 0.375. The minimum absolute atomic E-state index is 0.0508. The molecule has 136 valence electrons. The van der Waals surface area contributed by atoms with Crippen molar-refractivity contribution in [2.75, 3.05) is 25.7 Å². The number of nitrogens with one attached hydrogen (secondary N) is 2. The summed E-state index contributed by atoms with van der Waals surface area (Å²) in [5.41, 5.74) is 1.15. The number of phenols is 1. The van der Waals surface area contributed by atoms with Crippen LogP contribution in [0.1, 0.15) is 18.5 Å². The number of halogens is 1. The van der Waals surface area contributed by atoms with E-state index in [2.05, 4.69) is 10.6 Å². The van der Waals surface area contributed by atoms with Gasteiger partial charge in [-0.15, -0.1) is 0 Å². The van der Waals surface area contributed by atoms with Crippen molar-refractivity contribution >= 4 is 35.4 Å². The van der Waals surface area contributed by atoms with Crippen molar-refractivity contribution in [2.45, 2.75) is 13.0 Å². The SMILES string of the molecule is COc1cc([C@@H]2NC(=O)NC(C)=C2C(=O)OCCSC)cc(Cl)c1O. The molecule has 3 N–H and O–H groups in total. The lowest BCUT2D eigenvalue weighted by atomic mass is 9.95. The van der Waals surface area contributed by atoms with Gasteiger partial charge >= 0.3 is 12.0 Å². The van der Waals surface area contributed by atoms with E-state index in [0.29, 0.717) is 17.0 Å². The van der Waals surface area contributed by atoms with Crippen LogP contribution in [0.25, 0.3) is 0 Å². The van der Waals surface area contributed by atoms with E-state index >= 15 is 0 Å². The summed E-state index contributed by atoms with van der Waals surface area (Å²) in [6.07, 6.45) is 1.91. The summed E-state index contributed by atoms with van der Waals surface area (Å²) in [6, 6.07) is 1.76. The van der Waals surface area contributed by atoms with Gasteiger partial charge in [0.2, 0.25) is 0 Å². The number of methoxy groups -OCH3 is 1. The van der Waals surface area contributed by atoms with Crippen LogP contribution in [0.2, 0.25) is 5.02 Å². The number of allylic oxidation sites excluding steroid dienone is 1. The van der Waals surface area contributed by atoms with Gasteiger partial charge in [0.05, 0.1) is 23.7 Å². The molecule has 1 aliphatic rings. The maximum absolute atomic E-state index is 12.5. The molecule has 0 saturated heterocycles. The van der Waals surface area contributed by atoms with Crippen molar-refractivity contribution in [1.29, 1.82) is 0 Å². The van der Waals surface area contributed by atoms with Crippen LogP contribution in [0.5, 0.6) is 11.5 Å². The van der Waals surface area contributed by atoms with Gasteiger partial charge < -0.3 is 25.2 Å². The molecule has 2 amide bonds. The molecule has 0 spiro atoms. The summed E-state index contributed by atoms with van der Waals surface area (Å²) >= 11 is 7.58. The Kier molecular flexibility index (Phi) is 6.44. The van der Waals surface area contributed by atoms with E-state index in [4.69, 9.17) is 21.1 Å². The molecule has 1 aliphatic heterocycles. The number of ether oxygens (including phenoxy) is 2. The zero-order valence-electron chi connectivity index (χ0n) is 14.0. The molecule has 9 heteroatoms. The van der Waals surface area contributed by atoms with E-state index < -0.39 is 18.0 Å². The number of phenolic OH excluding ortho intramolecular Hbond substituents is 1. The lowest BCUT2D eigenvalue weighted by Crippen LogP contribution is -2.45. The Bertz CT molecular complexity index is 723. The maximum Gasteiger partial charge on any atom is 0.338 e. The number of thioether (sulfide) groups is 1. The lowest BCUT2D eigenvalue weighted by molar-refractivity contribution is -0.138. The van der Waals surface area contributed by atoms with Crippen molar-refractivity contribution < 1.29 is 24.2 Å². The molecule has 7 nitrogen and oxygen atoms in total. The number of urea groups is 1. The van der Waals surface area contributed by atoms with Gasteiger partial charge in [-0.05, 0) is 30.9 Å². The molecular formula is C16H19ClN2O5S. The van der Waals surface area contributed by atoms with Gasteiger partial charge in [-0.1, -0.05) is 11.6 Å². The van der Waals surface area contributed by atoms with Crippen molar-refractivity contribution in [2.24, 2.45) is 0 Å². The van der Waals surface area contributed by atoms with Crippen LogP contribution in [-0.2, 0) is 9.53 Å². The molecule has 0 bridgehead atoms. The molecule has 0 aliphatic carbocycles. The number of benzene rings is 1. The summed E-state index contributed by atoms with van der Waals surface area (Å²) in [5, 5.41) is 15.2. The zero-order chi connectivity index (χ0) is 18.6. The van der Waals surface area contributed by atoms with E-state index in [-0.39, 0.29) is 28.7 Å². The van der Waals surface area contributed by atoms with Crippen LogP contribution in [0.4, 0.5) is 4.79 Å². The molecule has 1 aromatic carbocycles. The third-order valence-corrected chi connectivity index (χ3v) is 4.48. The highest BCUT2D eigenvalue weighted by Crippen LogP contribution is 2.39. The number of aromatic hydroxyl groups is 1. The second-order valence-corrected chi connectivity index (χ2v) is 6.65. The first kappa shape index (κ1) is 19.3. The maximum atomic E-state index is 12.5. The molecule has 0 aromatic heterocycles.